The Balaban J connectivity index is 1.71. The lowest BCUT2D eigenvalue weighted by molar-refractivity contribution is 0.170. The monoisotopic (exact) mass is 354 g/mol. The Bertz CT molecular complexity index is 923. The van der Waals surface area contributed by atoms with Gasteiger partial charge in [0.2, 0.25) is 0 Å². The molecular formula is C19H22N4O3. The van der Waals surface area contributed by atoms with Crippen LogP contribution in [0.4, 0.5) is 5.82 Å². The summed E-state index contributed by atoms with van der Waals surface area (Å²) in [6.07, 6.45) is 2.03. The molecule has 7 heteroatoms. The van der Waals surface area contributed by atoms with Gasteiger partial charge in [0.1, 0.15) is 24.6 Å². The number of rotatable bonds is 6. The highest BCUT2D eigenvalue weighted by Crippen LogP contribution is 2.35. The number of nitrogens with one attached hydrogen (secondary N) is 1. The van der Waals surface area contributed by atoms with E-state index in [1.54, 1.807) is 7.11 Å². The molecule has 0 bridgehead atoms. The summed E-state index contributed by atoms with van der Waals surface area (Å²) in [5.41, 5.74) is 2.96. The molecule has 7 nitrogen and oxygen atoms in total. The minimum absolute atomic E-state index is 0.572. The molecule has 0 spiro atoms. The van der Waals surface area contributed by atoms with E-state index in [-0.39, 0.29) is 0 Å². The van der Waals surface area contributed by atoms with Crippen molar-refractivity contribution in [2.24, 2.45) is 0 Å². The Morgan fingerprint density at radius 1 is 1.19 bits per heavy atom. The molecule has 0 saturated carbocycles. The topological polar surface area (TPSA) is 70.4 Å². The lowest BCUT2D eigenvalue weighted by Crippen LogP contribution is -2.17. The van der Waals surface area contributed by atoms with Gasteiger partial charge in [0.25, 0.3) is 0 Å². The highest BCUT2D eigenvalue weighted by atomic mass is 16.6. The van der Waals surface area contributed by atoms with Crippen LogP contribution in [0.25, 0.3) is 11.0 Å². The zero-order valence-electron chi connectivity index (χ0n) is 15.0. The van der Waals surface area contributed by atoms with Gasteiger partial charge < -0.3 is 24.1 Å². The lowest BCUT2D eigenvalue weighted by Gasteiger charge is -2.21. The summed E-state index contributed by atoms with van der Waals surface area (Å²) in [7, 11) is 1.69. The number of methoxy groups -OCH3 is 1. The highest BCUT2D eigenvalue weighted by molar-refractivity contribution is 5.86. The van der Waals surface area contributed by atoms with E-state index in [0.29, 0.717) is 32.9 Å². The largest absolute Gasteiger partial charge is 0.486 e. The van der Waals surface area contributed by atoms with Crippen LogP contribution in [0.1, 0.15) is 11.4 Å². The fourth-order valence-corrected chi connectivity index (χ4v) is 3.19. The standard InChI is InChI=1S/C19H22N4O3/c1-13-21-15-6-8-23(17(15)19(22-13)20-7-9-24-2)12-14-4-3-5-16-18(14)26-11-10-25-16/h3-6,8H,7,9-12H2,1-2H3,(H,20,21,22). The quantitative estimate of drug-likeness (QED) is 0.686. The van der Waals surface area contributed by atoms with Crippen LogP contribution >= 0.6 is 0 Å². The molecule has 3 aromatic rings. The second-order valence-electron chi connectivity index (χ2n) is 6.16. The summed E-state index contributed by atoms with van der Waals surface area (Å²) in [5.74, 6) is 3.18. The number of anilines is 1. The van der Waals surface area contributed by atoms with Crippen LogP contribution in [-0.2, 0) is 11.3 Å². The molecule has 26 heavy (non-hydrogen) atoms. The number of hydrogen-bond acceptors (Lipinski definition) is 6. The SMILES string of the molecule is COCCNc1nc(C)nc2ccn(Cc3cccc4c3OCCO4)c12. The maximum atomic E-state index is 5.84. The molecule has 0 aliphatic carbocycles. The highest BCUT2D eigenvalue weighted by Gasteiger charge is 2.17. The van der Waals surface area contributed by atoms with Crippen molar-refractivity contribution in [2.75, 3.05) is 38.8 Å². The van der Waals surface area contributed by atoms with Crippen LogP contribution in [0.3, 0.4) is 0 Å². The molecule has 0 atom stereocenters. The molecule has 136 valence electrons. The van der Waals surface area contributed by atoms with Crippen molar-refractivity contribution < 1.29 is 14.2 Å². The molecule has 0 saturated heterocycles. The molecule has 0 fully saturated rings. The molecule has 1 aromatic carbocycles. The predicted octanol–water partition coefficient (Wildman–Crippen LogP) is 2.62. The molecule has 4 rings (SSSR count). The van der Waals surface area contributed by atoms with Crippen LogP contribution in [0.2, 0.25) is 0 Å². The Kier molecular flexibility index (Phi) is 4.62. The maximum Gasteiger partial charge on any atom is 0.166 e. The number of para-hydroxylation sites is 1. The molecular weight excluding hydrogens is 332 g/mol. The Morgan fingerprint density at radius 3 is 2.96 bits per heavy atom. The van der Waals surface area contributed by atoms with E-state index in [9.17, 15) is 0 Å². The Labute approximate surface area is 151 Å². The Morgan fingerprint density at radius 2 is 2.08 bits per heavy atom. The van der Waals surface area contributed by atoms with Gasteiger partial charge in [-0.05, 0) is 19.1 Å². The first kappa shape index (κ1) is 16.7. The van der Waals surface area contributed by atoms with E-state index in [4.69, 9.17) is 14.2 Å². The Hall–Kier alpha value is -2.80. The zero-order chi connectivity index (χ0) is 17.9. The third-order valence-electron chi connectivity index (χ3n) is 4.31. The van der Waals surface area contributed by atoms with Crippen LogP contribution in [0.5, 0.6) is 11.5 Å². The summed E-state index contributed by atoms with van der Waals surface area (Å²) in [6.45, 7) is 5.01. The van der Waals surface area contributed by atoms with Crippen molar-refractivity contribution in [1.29, 1.82) is 0 Å². The van der Waals surface area contributed by atoms with E-state index >= 15 is 0 Å². The van der Waals surface area contributed by atoms with Gasteiger partial charge in [-0.15, -0.1) is 0 Å². The lowest BCUT2D eigenvalue weighted by atomic mass is 10.1. The summed E-state index contributed by atoms with van der Waals surface area (Å²) in [6, 6.07) is 8.01. The van der Waals surface area contributed by atoms with Gasteiger partial charge in [-0.1, -0.05) is 12.1 Å². The molecule has 0 unspecified atom stereocenters. The van der Waals surface area contributed by atoms with Gasteiger partial charge in [0.15, 0.2) is 17.3 Å². The fraction of sp³-hybridized carbons (Fsp3) is 0.368. The third-order valence-corrected chi connectivity index (χ3v) is 4.31. The molecule has 3 heterocycles. The summed E-state index contributed by atoms with van der Waals surface area (Å²) in [5, 5.41) is 3.35. The fourth-order valence-electron chi connectivity index (χ4n) is 3.19. The van der Waals surface area contributed by atoms with E-state index in [1.165, 1.54) is 0 Å². The number of nitrogens with zero attached hydrogens (tertiary/aromatic N) is 3. The average Bonchev–Trinajstić information content (AvgIpc) is 3.05. The van der Waals surface area contributed by atoms with Gasteiger partial charge >= 0.3 is 0 Å². The molecule has 1 aliphatic rings. The smallest absolute Gasteiger partial charge is 0.166 e. The molecule has 2 aromatic heterocycles. The molecule has 0 radical (unpaired) electrons. The van der Waals surface area contributed by atoms with E-state index < -0.39 is 0 Å². The third kappa shape index (κ3) is 3.17. The van der Waals surface area contributed by atoms with Crippen LogP contribution in [-0.4, -0.2) is 48.0 Å². The number of fused-ring (bicyclic) bond motifs is 2. The average molecular weight is 354 g/mol. The first-order chi connectivity index (χ1) is 12.8. The van der Waals surface area contributed by atoms with Crippen molar-refractivity contribution in [3.8, 4) is 11.5 Å². The molecule has 1 N–H and O–H groups in total. The van der Waals surface area contributed by atoms with Crippen LogP contribution < -0.4 is 14.8 Å². The van der Waals surface area contributed by atoms with Crippen molar-refractivity contribution >= 4 is 16.9 Å². The van der Waals surface area contributed by atoms with Crippen molar-refractivity contribution in [3.63, 3.8) is 0 Å². The number of hydrogen-bond donors (Lipinski definition) is 1. The minimum atomic E-state index is 0.572. The number of aromatic nitrogens is 3. The number of ether oxygens (including phenoxy) is 3. The van der Waals surface area contributed by atoms with E-state index in [2.05, 4.69) is 25.9 Å². The van der Waals surface area contributed by atoms with E-state index in [1.807, 2.05) is 31.3 Å². The second-order valence-corrected chi connectivity index (χ2v) is 6.16. The summed E-state index contributed by atoms with van der Waals surface area (Å²) >= 11 is 0. The van der Waals surface area contributed by atoms with Crippen LogP contribution in [0, 0.1) is 6.92 Å². The van der Waals surface area contributed by atoms with Gasteiger partial charge in [-0.2, -0.15) is 0 Å². The molecule has 0 amide bonds. The minimum Gasteiger partial charge on any atom is -0.486 e. The molecule has 1 aliphatic heterocycles. The van der Waals surface area contributed by atoms with Gasteiger partial charge in [-0.3, -0.25) is 0 Å². The van der Waals surface area contributed by atoms with Gasteiger partial charge in [0, 0.05) is 25.4 Å². The predicted molar refractivity (Wildman–Crippen MR) is 99.2 cm³/mol. The maximum absolute atomic E-state index is 5.84. The van der Waals surface area contributed by atoms with Crippen molar-refractivity contribution in [1.82, 2.24) is 14.5 Å². The van der Waals surface area contributed by atoms with Crippen molar-refractivity contribution in [2.45, 2.75) is 13.5 Å². The van der Waals surface area contributed by atoms with Gasteiger partial charge in [-0.25, -0.2) is 9.97 Å². The van der Waals surface area contributed by atoms with Gasteiger partial charge in [0.05, 0.1) is 18.7 Å². The van der Waals surface area contributed by atoms with Crippen molar-refractivity contribution in [3.05, 3.63) is 41.9 Å². The zero-order valence-corrected chi connectivity index (χ0v) is 15.0. The normalized spacial score (nSPS) is 13.2. The first-order valence-electron chi connectivity index (χ1n) is 8.70. The van der Waals surface area contributed by atoms with E-state index in [0.717, 1.165) is 39.7 Å². The van der Waals surface area contributed by atoms with Crippen LogP contribution in [0.15, 0.2) is 30.5 Å². The second kappa shape index (κ2) is 7.21. The number of aryl methyl sites for hydroxylation is 1. The number of benzene rings is 1. The summed E-state index contributed by atoms with van der Waals surface area (Å²) in [4.78, 5) is 9.14. The summed E-state index contributed by atoms with van der Waals surface area (Å²) < 4.78 is 18.8. The first-order valence-corrected chi connectivity index (χ1v) is 8.70.